The highest BCUT2D eigenvalue weighted by Crippen LogP contribution is 2.33. The van der Waals surface area contributed by atoms with Crippen LogP contribution in [-0.4, -0.2) is 58.7 Å². The zero-order valence-corrected chi connectivity index (χ0v) is 21.5. The van der Waals surface area contributed by atoms with Gasteiger partial charge in [-0.15, -0.1) is 0 Å². The molecule has 5 aromatic rings. The summed E-state index contributed by atoms with van der Waals surface area (Å²) < 4.78 is 11.9. The van der Waals surface area contributed by atoms with Crippen LogP contribution in [0, 0.1) is 0 Å². The molecule has 3 aromatic carbocycles. The minimum atomic E-state index is -0.126. The molecule has 0 spiro atoms. The molecule has 192 valence electrons. The highest BCUT2D eigenvalue weighted by atomic mass is 32.1. The number of nitrogens with one attached hydrogen (secondary N) is 2. The second kappa shape index (κ2) is 9.62. The smallest absolute Gasteiger partial charge is 0.251 e. The predicted octanol–water partition coefficient (Wildman–Crippen LogP) is 4.15. The molecule has 38 heavy (non-hydrogen) atoms. The number of ether oxygens (including phenoxy) is 2. The number of rotatable bonds is 6. The second-order valence-electron chi connectivity index (χ2n) is 9.51. The maximum Gasteiger partial charge on any atom is 0.251 e. The van der Waals surface area contributed by atoms with Crippen molar-refractivity contribution in [3.63, 3.8) is 0 Å². The lowest BCUT2D eigenvalue weighted by molar-refractivity contribution is 0.0950. The Labute approximate surface area is 223 Å². The fourth-order valence-electron chi connectivity index (χ4n) is 4.94. The van der Waals surface area contributed by atoms with Crippen molar-refractivity contribution in [2.45, 2.75) is 13.1 Å². The average molecular weight is 527 g/mol. The number of piperazine rings is 1. The van der Waals surface area contributed by atoms with Gasteiger partial charge in [-0.25, -0.2) is 9.97 Å². The summed E-state index contributed by atoms with van der Waals surface area (Å²) in [6.07, 6.45) is 0. The lowest BCUT2D eigenvalue weighted by Crippen LogP contribution is -2.45. The third-order valence-electron chi connectivity index (χ3n) is 6.98. The summed E-state index contributed by atoms with van der Waals surface area (Å²) in [7, 11) is 0. The molecule has 1 fully saturated rings. The first-order chi connectivity index (χ1) is 18.7. The average Bonchev–Trinajstić information content (AvgIpc) is 3.69. The van der Waals surface area contributed by atoms with Gasteiger partial charge in [-0.1, -0.05) is 29.5 Å². The molecule has 2 aromatic heterocycles. The number of carbonyl (C=O) groups excluding carboxylic acids is 1. The van der Waals surface area contributed by atoms with Crippen molar-refractivity contribution in [3.05, 3.63) is 77.6 Å². The van der Waals surface area contributed by atoms with Gasteiger partial charge in [0.15, 0.2) is 16.6 Å². The predicted molar refractivity (Wildman–Crippen MR) is 147 cm³/mol. The van der Waals surface area contributed by atoms with E-state index in [0.717, 1.165) is 76.4 Å². The van der Waals surface area contributed by atoms with Gasteiger partial charge in [0.25, 0.3) is 5.91 Å². The SMILES string of the molecule is O=C(NCc1nc2ccccc2[nH]1)c1ccc2nc(N3CCN(Cc4ccc5c(c4)OCO5)CC3)sc2c1. The Hall–Kier alpha value is -4.15. The Morgan fingerprint density at radius 2 is 1.82 bits per heavy atom. The monoisotopic (exact) mass is 526 g/mol. The molecule has 2 aliphatic rings. The molecular formula is C28H26N6O3S. The molecule has 0 atom stereocenters. The first-order valence-electron chi connectivity index (χ1n) is 12.7. The second-order valence-corrected chi connectivity index (χ2v) is 10.5. The Morgan fingerprint density at radius 3 is 2.71 bits per heavy atom. The molecule has 7 rings (SSSR count). The van der Waals surface area contributed by atoms with Crippen molar-refractivity contribution in [2.75, 3.05) is 37.9 Å². The molecule has 0 unspecified atom stereocenters. The van der Waals surface area contributed by atoms with Gasteiger partial charge in [-0.3, -0.25) is 9.69 Å². The standard InChI is InChI=1S/C28H26N6O3S/c35-27(29-15-26-30-20-3-1-2-4-21(20)31-26)19-6-7-22-25(14-19)38-28(32-22)34-11-9-33(10-12-34)16-18-5-8-23-24(13-18)37-17-36-23/h1-8,13-14H,9-12,15-17H2,(H,29,35)(H,30,31). The number of benzene rings is 3. The number of para-hydroxylation sites is 2. The number of imidazole rings is 1. The lowest BCUT2D eigenvalue weighted by Gasteiger charge is -2.34. The molecule has 2 aliphatic heterocycles. The van der Waals surface area contributed by atoms with Crippen molar-refractivity contribution in [2.24, 2.45) is 0 Å². The van der Waals surface area contributed by atoms with Crippen LogP contribution in [0.15, 0.2) is 60.7 Å². The maximum atomic E-state index is 12.8. The summed E-state index contributed by atoms with van der Waals surface area (Å²) in [5.41, 5.74) is 4.63. The van der Waals surface area contributed by atoms with E-state index in [1.807, 2.05) is 48.5 Å². The number of hydrogen-bond donors (Lipinski definition) is 2. The van der Waals surface area contributed by atoms with Crippen LogP contribution >= 0.6 is 11.3 Å². The molecule has 1 amide bonds. The number of H-pyrrole nitrogens is 1. The molecule has 2 N–H and O–H groups in total. The third kappa shape index (κ3) is 4.52. The molecule has 0 aliphatic carbocycles. The van der Waals surface area contributed by atoms with Gasteiger partial charge in [0, 0.05) is 38.3 Å². The van der Waals surface area contributed by atoms with Gasteiger partial charge < -0.3 is 24.7 Å². The van der Waals surface area contributed by atoms with Crippen LogP contribution < -0.4 is 19.7 Å². The van der Waals surface area contributed by atoms with Gasteiger partial charge in [0.05, 0.1) is 27.8 Å². The lowest BCUT2D eigenvalue weighted by atomic mass is 10.1. The van der Waals surface area contributed by atoms with Crippen molar-refractivity contribution in [1.82, 2.24) is 25.2 Å². The summed E-state index contributed by atoms with van der Waals surface area (Å²) >= 11 is 1.64. The van der Waals surface area contributed by atoms with E-state index in [-0.39, 0.29) is 5.91 Å². The number of thiazole rings is 1. The normalized spacial score (nSPS) is 15.4. The summed E-state index contributed by atoms with van der Waals surface area (Å²) in [5.74, 6) is 2.26. The Kier molecular flexibility index (Phi) is 5.82. The number of aromatic nitrogens is 3. The Balaban J connectivity index is 0.972. The minimum absolute atomic E-state index is 0.126. The molecular weight excluding hydrogens is 500 g/mol. The molecule has 9 nitrogen and oxygen atoms in total. The van der Waals surface area contributed by atoms with E-state index in [1.54, 1.807) is 11.3 Å². The molecule has 4 heterocycles. The molecule has 10 heteroatoms. The molecule has 1 saturated heterocycles. The number of carbonyl (C=O) groups is 1. The Morgan fingerprint density at radius 1 is 0.947 bits per heavy atom. The van der Waals surface area contributed by atoms with Crippen LogP contribution in [0.3, 0.4) is 0 Å². The maximum absolute atomic E-state index is 12.8. The molecule has 0 bridgehead atoms. The Bertz CT molecular complexity index is 1610. The fourth-order valence-corrected chi connectivity index (χ4v) is 6.00. The van der Waals surface area contributed by atoms with Crippen LogP contribution in [0.4, 0.5) is 5.13 Å². The number of anilines is 1. The largest absolute Gasteiger partial charge is 0.454 e. The van der Waals surface area contributed by atoms with E-state index in [2.05, 4.69) is 37.2 Å². The van der Waals surface area contributed by atoms with E-state index >= 15 is 0 Å². The molecule has 0 saturated carbocycles. The zero-order valence-electron chi connectivity index (χ0n) is 20.6. The van der Waals surface area contributed by atoms with Crippen molar-refractivity contribution < 1.29 is 14.3 Å². The summed E-state index contributed by atoms with van der Waals surface area (Å²) in [6.45, 7) is 5.27. The zero-order chi connectivity index (χ0) is 25.5. The van der Waals surface area contributed by atoms with Gasteiger partial charge in [0.2, 0.25) is 6.79 Å². The minimum Gasteiger partial charge on any atom is -0.454 e. The van der Waals surface area contributed by atoms with Gasteiger partial charge >= 0.3 is 0 Å². The van der Waals surface area contributed by atoms with E-state index in [9.17, 15) is 4.79 Å². The topological polar surface area (TPSA) is 95.6 Å². The summed E-state index contributed by atoms with van der Waals surface area (Å²) in [4.78, 5) is 30.2. The highest BCUT2D eigenvalue weighted by molar-refractivity contribution is 7.22. The number of hydrogen-bond acceptors (Lipinski definition) is 8. The first-order valence-corrected chi connectivity index (χ1v) is 13.5. The van der Waals surface area contributed by atoms with Gasteiger partial charge in [-0.2, -0.15) is 0 Å². The quantitative estimate of drug-likeness (QED) is 0.343. The van der Waals surface area contributed by atoms with E-state index in [4.69, 9.17) is 14.5 Å². The number of aromatic amines is 1. The first kappa shape index (κ1) is 23.0. The highest BCUT2D eigenvalue weighted by Gasteiger charge is 2.21. The van der Waals surface area contributed by atoms with Crippen LogP contribution in [0.2, 0.25) is 0 Å². The molecule has 0 radical (unpaired) electrons. The number of amides is 1. The third-order valence-corrected chi connectivity index (χ3v) is 8.06. The van der Waals surface area contributed by atoms with Gasteiger partial charge in [0.1, 0.15) is 5.82 Å². The van der Waals surface area contributed by atoms with Gasteiger partial charge in [-0.05, 0) is 48.0 Å². The van der Waals surface area contributed by atoms with Crippen LogP contribution in [0.1, 0.15) is 21.7 Å². The van der Waals surface area contributed by atoms with Crippen LogP contribution in [-0.2, 0) is 13.1 Å². The van der Waals surface area contributed by atoms with Crippen molar-refractivity contribution >= 4 is 43.6 Å². The van der Waals surface area contributed by atoms with Crippen molar-refractivity contribution in [1.29, 1.82) is 0 Å². The number of fused-ring (bicyclic) bond motifs is 3. The van der Waals surface area contributed by atoms with Crippen LogP contribution in [0.25, 0.3) is 21.3 Å². The summed E-state index contributed by atoms with van der Waals surface area (Å²) in [6, 6.07) is 19.7. The van der Waals surface area contributed by atoms with Crippen LogP contribution in [0.5, 0.6) is 11.5 Å². The fraction of sp³-hybridized carbons (Fsp3) is 0.250. The number of nitrogens with zero attached hydrogens (tertiary/aromatic N) is 4. The van der Waals surface area contributed by atoms with Crippen molar-refractivity contribution in [3.8, 4) is 11.5 Å². The van der Waals surface area contributed by atoms with E-state index in [1.165, 1.54) is 5.56 Å². The van der Waals surface area contributed by atoms with E-state index < -0.39 is 0 Å². The van der Waals surface area contributed by atoms with E-state index in [0.29, 0.717) is 18.9 Å². The summed E-state index contributed by atoms with van der Waals surface area (Å²) in [5, 5.41) is 3.97.